The van der Waals surface area contributed by atoms with Crippen molar-refractivity contribution >= 4 is 23.5 Å². The van der Waals surface area contributed by atoms with E-state index >= 15 is 4.39 Å². The van der Waals surface area contributed by atoms with E-state index in [-0.39, 0.29) is 23.9 Å². The molecule has 2 heterocycles. The summed E-state index contributed by atoms with van der Waals surface area (Å²) in [6.45, 7) is 7.21. The number of anilines is 2. The van der Waals surface area contributed by atoms with Crippen LogP contribution >= 0.6 is 0 Å². The predicted molar refractivity (Wildman–Crippen MR) is 116 cm³/mol. The number of urea groups is 1. The molecule has 0 bridgehead atoms. The highest BCUT2D eigenvalue weighted by Crippen LogP contribution is 2.24. The fraction of sp³-hybridized carbons (Fsp3) is 0.409. The number of aryl methyl sites for hydroxylation is 1. The lowest BCUT2D eigenvalue weighted by molar-refractivity contribution is 0.0287. The van der Waals surface area contributed by atoms with Crippen molar-refractivity contribution in [2.75, 3.05) is 30.8 Å². The second kappa shape index (κ2) is 9.74. The molecule has 8 nitrogen and oxygen atoms in total. The molecule has 2 atom stereocenters. The predicted octanol–water partition coefficient (Wildman–Crippen LogP) is 3.83. The lowest BCUT2D eigenvalue weighted by Gasteiger charge is -2.43. The number of methoxy groups -OCH3 is 1. The standard InChI is InChI=1S/C22H28FN5O3/c1-14-8-9-18(10-24-14)25-21(29)26-19-7-5-6-17(20(19)23)13-28-15(2)11-27(12-16(28)3)22(30)31-4/h5-10,15-16H,11-13H2,1-4H3,(H2,25,26,29)/t15-,16+. The van der Waals surface area contributed by atoms with E-state index in [0.29, 0.717) is 30.9 Å². The fourth-order valence-corrected chi connectivity index (χ4v) is 3.77. The van der Waals surface area contributed by atoms with Crippen molar-refractivity contribution in [1.82, 2.24) is 14.8 Å². The van der Waals surface area contributed by atoms with Crippen LogP contribution in [0.25, 0.3) is 0 Å². The summed E-state index contributed by atoms with van der Waals surface area (Å²) in [4.78, 5) is 32.0. The summed E-state index contributed by atoms with van der Waals surface area (Å²) in [5.74, 6) is -0.477. The van der Waals surface area contributed by atoms with Crippen LogP contribution in [-0.4, -0.2) is 59.2 Å². The Morgan fingerprint density at radius 1 is 1.16 bits per heavy atom. The molecule has 3 amide bonds. The van der Waals surface area contributed by atoms with Crippen LogP contribution in [0, 0.1) is 12.7 Å². The second-order valence-corrected chi connectivity index (χ2v) is 7.79. The SMILES string of the molecule is COC(=O)N1C[C@@H](C)N(Cc2cccc(NC(=O)Nc3ccc(C)nc3)c2F)[C@@H](C)C1. The number of amides is 3. The Hall–Kier alpha value is -3.20. The van der Waals surface area contributed by atoms with E-state index in [1.807, 2.05) is 20.8 Å². The number of carbonyl (C=O) groups is 2. The number of hydrogen-bond donors (Lipinski definition) is 2. The zero-order valence-corrected chi connectivity index (χ0v) is 18.2. The molecule has 1 fully saturated rings. The monoisotopic (exact) mass is 429 g/mol. The van der Waals surface area contributed by atoms with Gasteiger partial charge in [0.15, 0.2) is 5.82 Å². The molecule has 1 saturated heterocycles. The Morgan fingerprint density at radius 2 is 1.87 bits per heavy atom. The second-order valence-electron chi connectivity index (χ2n) is 7.79. The summed E-state index contributed by atoms with van der Waals surface area (Å²) in [5, 5.41) is 5.20. The minimum atomic E-state index is -0.546. The molecule has 0 aliphatic carbocycles. The van der Waals surface area contributed by atoms with E-state index < -0.39 is 11.8 Å². The fourth-order valence-electron chi connectivity index (χ4n) is 3.77. The van der Waals surface area contributed by atoms with Gasteiger partial charge in [-0.3, -0.25) is 9.88 Å². The van der Waals surface area contributed by atoms with Crippen LogP contribution in [0.5, 0.6) is 0 Å². The summed E-state index contributed by atoms with van der Waals surface area (Å²) < 4.78 is 19.9. The summed E-state index contributed by atoms with van der Waals surface area (Å²) in [5.41, 5.74) is 1.93. The van der Waals surface area contributed by atoms with Crippen LogP contribution in [0.4, 0.5) is 25.4 Å². The number of ether oxygens (including phenoxy) is 1. The molecule has 2 aromatic rings. The van der Waals surface area contributed by atoms with Crippen molar-refractivity contribution in [2.24, 2.45) is 0 Å². The number of halogens is 1. The zero-order valence-electron chi connectivity index (χ0n) is 18.2. The maximum Gasteiger partial charge on any atom is 0.409 e. The largest absolute Gasteiger partial charge is 0.453 e. The molecule has 1 aromatic carbocycles. The smallest absolute Gasteiger partial charge is 0.409 e. The highest BCUT2D eigenvalue weighted by atomic mass is 19.1. The van der Waals surface area contributed by atoms with Gasteiger partial charge in [0, 0.05) is 43.0 Å². The van der Waals surface area contributed by atoms with Crippen LogP contribution in [0.15, 0.2) is 36.5 Å². The maximum atomic E-state index is 15.1. The number of benzene rings is 1. The highest BCUT2D eigenvalue weighted by molar-refractivity contribution is 5.99. The van der Waals surface area contributed by atoms with Crippen LogP contribution < -0.4 is 10.6 Å². The number of carbonyl (C=O) groups excluding carboxylic acids is 2. The Bertz CT molecular complexity index is 925. The number of nitrogens with one attached hydrogen (secondary N) is 2. The van der Waals surface area contributed by atoms with E-state index in [1.54, 1.807) is 35.4 Å². The van der Waals surface area contributed by atoms with Gasteiger partial charge in [-0.25, -0.2) is 14.0 Å². The molecule has 1 aromatic heterocycles. The van der Waals surface area contributed by atoms with Crippen LogP contribution in [-0.2, 0) is 11.3 Å². The van der Waals surface area contributed by atoms with Crippen molar-refractivity contribution < 1.29 is 18.7 Å². The molecular formula is C22H28FN5O3. The number of piperazine rings is 1. The number of hydrogen-bond acceptors (Lipinski definition) is 5. The molecule has 9 heteroatoms. The normalized spacial score (nSPS) is 19.1. The lowest BCUT2D eigenvalue weighted by atomic mass is 10.1. The van der Waals surface area contributed by atoms with Gasteiger partial charge in [0.05, 0.1) is 24.7 Å². The van der Waals surface area contributed by atoms with E-state index in [9.17, 15) is 9.59 Å². The molecule has 0 unspecified atom stereocenters. The number of pyridine rings is 1. The third kappa shape index (κ3) is 5.49. The quantitative estimate of drug-likeness (QED) is 0.771. The summed E-state index contributed by atoms with van der Waals surface area (Å²) in [6, 6.07) is 7.94. The average Bonchev–Trinajstić information content (AvgIpc) is 2.74. The third-order valence-electron chi connectivity index (χ3n) is 5.38. The van der Waals surface area contributed by atoms with Gasteiger partial charge in [-0.1, -0.05) is 12.1 Å². The van der Waals surface area contributed by atoms with Crippen LogP contribution in [0.1, 0.15) is 25.1 Å². The molecule has 0 radical (unpaired) electrons. The minimum absolute atomic E-state index is 0.0243. The molecule has 166 valence electrons. The van der Waals surface area contributed by atoms with Gasteiger partial charge < -0.3 is 20.3 Å². The van der Waals surface area contributed by atoms with Gasteiger partial charge in [0.25, 0.3) is 0 Å². The van der Waals surface area contributed by atoms with Crippen molar-refractivity contribution in [3.05, 3.63) is 53.6 Å². The van der Waals surface area contributed by atoms with Gasteiger partial charge in [-0.15, -0.1) is 0 Å². The summed E-state index contributed by atoms with van der Waals surface area (Å²) >= 11 is 0. The summed E-state index contributed by atoms with van der Waals surface area (Å²) in [7, 11) is 1.36. The van der Waals surface area contributed by atoms with Gasteiger partial charge in [0.1, 0.15) is 0 Å². The lowest BCUT2D eigenvalue weighted by Crippen LogP contribution is -2.57. The first kappa shape index (κ1) is 22.5. The Kier molecular flexibility index (Phi) is 7.06. The number of aromatic nitrogens is 1. The van der Waals surface area contributed by atoms with Gasteiger partial charge >= 0.3 is 12.1 Å². The van der Waals surface area contributed by atoms with Crippen molar-refractivity contribution in [3.8, 4) is 0 Å². The number of nitrogens with zero attached hydrogens (tertiary/aromatic N) is 3. The number of rotatable bonds is 4. The summed E-state index contributed by atoms with van der Waals surface area (Å²) in [6.07, 6.45) is 1.18. The van der Waals surface area contributed by atoms with Gasteiger partial charge in [0.2, 0.25) is 0 Å². The Morgan fingerprint density at radius 3 is 2.48 bits per heavy atom. The topological polar surface area (TPSA) is 86.8 Å². The molecule has 3 rings (SSSR count). The molecule has 2 N–H and O–H groups in total. The molecule has 1 aliphatic heterocycles. The van der Waals surface area contributed by atoms with E-state index in [1.165, 1.54) is 13.2 Å². The van der Waals surface area contributed by atoms with Crippen molar-refractivity contribution in [1.29, 1.82) is 0 Å². The molecule has 0 spiro atoms. The molecule has 0 saturated carbocycles. The van der Waals surface area contributed by atoms with Crippen LogP contribution in [0.2, 0.25) is 0 Å². The first-order chi connectivity index (χ1) is 14.8. The third-order valence-corrected chi connectivity index (χ3v) is 5.38. The highest BCUT2D eigenvalue weighted by Gasteiger charge is 2.32. The first-order valence-corrected chi connectivity index (χ1v) is 10.1. The minimum Gasteiger partial charge on any atom is -0.453 e. The first-order valence-electron chi connectivity index (χ1n) is 10.1. The maximum absolute atomic E-state index is 15.1. The zero-order chi connectivity index (χ0) is 22.5. The molecule has 1 aliphatic rings. The average molecular weight is 429 g/mol. The van der Waals surface area contributed by atoms with E-state index in [0.717, 1.165) is 5.69 Å². The van der Waals surface area contributed by atoms with E-state index in [2.05, 4.69) is 20.5 Å². The van der Waals surface area contributed by atoms with Crippen molar-refractivity contribution in [3.63, 3.8) is 0 Å². The van der Waals surface area contributed by atoms with Gasteiger partial charge in [-0.2, -0.15) is 0 Å². The van der Waals surface area contributed by atoms with Gasteiger partial charge in [-0.05, 0) is 39.0 Å². The Balaban J connectivity index is 1.67. The van der Waals surface area contributed by atoms with Crippen LogP contribution in [0.3, 0.4) is 0 Å². The van der Waals surface area contributed by atoms with Crippen molar-refractivity contribution in [2.45, 2.75) is 39.4 Å². The molecular weight excluding hydrogens is 401 g/mol. The Labute approximate surface area is 181 Å². The molecule has 31 heavy (non-hydrogen) atoms. The van der Waals surface area contributed by atoms with E-state index in [4.69, 9.17) is 4.74 Å².